The number of phosphoric acid groups is 1. The van der Waals surface area contributed by atoms with Crippen molar-refractivity contribution < 1.29 is 37.6 Å². The predicted octanol–water partition coefficient (Wildman–Crippen LogP) is 2.07. The minimum Gasteiger partial charge on any atom is -0.383 e. The van der Waals surface area contributed by atoms with Crippen LogP contribution in [0.25, 0.3) is 0 Å². The first-order valence-corrected chi connectivity index (χ1v) is 14.0. The summed E-state index contributed by atoms with van der Waals surface area (Å²) in [7, 11) is -1.28. The molecule has 2 saturated heterocycles. The highest BCUT2D eigenvalue weighted by atomic mass is 32.2. The van der Waals surface area contributed by atoms with Gasteiger partial charge in [-0.05, 0) is 44.3 Å². The van der Waals surface area contributed by atoms with Gasteiger partial charge in [0.1, 0.15) is 0 Å². The Balaban J connectivity index is 1.93. The van der Waals surface area contributed by atoms with Gasteiger partial charge in [0.2, 0.25) is 11.8 Å². The topological polar surface area (TPSA) is 115 Å². The van der Waals surface area contributed by atoms with Crippen molar-refractivity contribution >= 4 is 31.4 Å². The zero-order chi connectivity index (χ0) is 24.4. The molecule has 2 aliphatic rings. The van der Waals surface area contributed by atoms with Gasteiger partial charge in [-0.2, -0.15) is 11.8 Å². The molecule has 0 aromatic rings. The van der Waals surface area contributed by atoms with Crippen LogP contribution in [0.2, 0.25) is 0 Å². The van der Waals surface area contributed by atoms with E-state index in [9.17, 15) is 19.0 Å². The summed E-state index contributed by atoms with van der Waals surface area (Å²) in [5.41, 5.74) is 0. The Labute approximate surface area is 200 Å². The van der Waals surface area contributed by atoms with Crippen molar-refractivity contribution in [3.63, 3.8) is 0 Å². The highest BCUT2D eigenvalue weighted by Crippen LogP contribution is 2.47. The quantitative estimate of drug-likeness (QED) is 0.227. The summed E-state index contributed by atoms with van der Waals surface area (Å²) in [6, 6.07) is -0.616. The number of amides is 2. The van der Waals surface area contributed by atoms with Crippen molar-refractivity contribution in [2.45, 2.75) is 56.9 Å². The molecule has 1 unspecified atom stereocenters. The summed E-state index contributed by atoms with van der Waals surface area (Å²) in [6.45, 7) is 2.52. The van der Waals surface area contributed by atoms with E-state index in [-0.39, 0.29) is 37.1 Å². The van der Waals surface area contributed by atoms with E-state index in [4.69, 9.17) is 18.5 Å². The smallest absolute Gasteiger partial charge is 0.383 e. The third kappa shape index (κ3) is 8.65. The van der Waals surface area contributed by atoms with Gasteiger partial charge in [0.05, 0.1) is 37.5 Å². The fourth-order valence-electron chi connectivity index (χ4n) is 4.23. The molecule has 1 N–H and O–H groups in total. The molecule has 0 aromatic heterocycles. The summed E-state index contributed by atoms with van der Waals surface area (Å²) < 4.78 is 33.9. The molecule has 0 spiro atoms. The van der Waals surface area contributed by atoms with Crippen LogP contribution in [0.5, 0.6) is 0 Å². The lowest BCUT2D eigenvalue weighted by molar-refractivity contribution is -0.133. The van der Waals surface area contributed by atoms with Gasteiger partial charge in [0.25, 0.3) is 0 Å². The summed E-state index contributed by atoms with van der Waals surface area (Å²) in [5, 5.41) is 0. The van der Waals surface area contributed by atoms with Crippen molar-refractivity contribution in [1.82, 2.24) is 9.80 Å². The Morgan fingerprint density at radius 2 is 1.79 bits per heavy atom. The molecule has 0 bridgehead atoms. The number of thioether (sulfide) groups is 1. The first-order valence-electron chi connectivity index (χ1n) is 11.1. The van der Waals surface area contributed by atoms with Crippen LogP contribution in [0.4, 0.5) is 0 Å². The molecular formula is C21H37N2O8PS. The number of ether oxygens (including phenoxy) is 2. The van der Waals surface area contributed by atoms with Crippen LogP contribution < -0.4 is 0 Å². The Hall–Kier alpha value is -0.940. The number of phosphoric ester groups is 1. The molecule has 10 nitrogen and oxygen atoms in total. The van der Waals surface area contributed by atoms with Gasteiger partial charge in [0, 0.05) is 33.7 Å². The van der Waals surface area contributed by atoms with Gasteiger partial charge in [-0.25, -0.2) is 4.57 Å². The number of hydrogen-bond donors (Lipinski definition) is 1. The van der Waals surface area contributed by atoms with E-state index < -0.39 is 20.0 Å². The predicted molar refractivity (Wildman–Crippen MR) is 126 cm³/mol. The Morgan fingerprint density at radius 1 is 1.12 bits per heavy atom. The lowest BCUT2D eigenvalue weighted by Gasteiger charge is -2.25. The molecule has 2 aliphatic heterocycles. The SMILES string of the molecule is C/C=C/C(=O)N1C[C@H](OC)C[C@H]1COP(=O)(O)O[C@@H]1C[C@@H](COC)N(C(=O)CCCSC)C1. The number of carbonyl (C=O) groups is 2. The van der Waals surface area contributed by atoms with Crippen molar-refractivity contribution in [3.8, 4) is 0 Å². The molecule has 0 aromatic carbocycles. The molecular weight excluding hydrogens is 471 g/mol. The minimum absolute atomic E-state index is 0.0133. The Morgan fingerprint density at radius 3 is 2.42 bits per heavy atom. The van der Waals surface area contributed by atoms with Gasteiger partial charge in [-0.15, -0.1) is 0 Å². The third-order valence-corrected chi connectivity index (χ3v) is 7.55. The highest BCUT2D eigenvalue weighted by molar-refractivity contribution is 7.98. The molecule has 33 heavy (non-hydrogen) atoms. The monoisotopic (exact) mass is 508 g/mol. The first-order chi connectivity index (χ1) is 15.7. The average molecular weight is 509 g/mol. The maximum absolute atomic E-state index is 12.7. The maximum atomic E-state index is 12.7. The standard InChI is InChI=1S/C21H37N2O8PS/c1-5-7-20(24)22-12-18(29-3)10-17(22)15-30-32(26,27)31-19-11-16(14-28-2)23(13-19)21(25)8-6-9-33-4/h5,7,16-19H,6,8-15H2,1-4H3,(H,26,27)/b7-5+/t16-,17-,18+,19+/m0/s1. The molecule has 0 saturated carbocycles. The summed E-state index contributed by atoms with van der Waals surface area (Å²) in [5.74, 6) is 0.682. The van der Waals surface area contributed by atoms with E-state index in [0.29, 0.717) is 32.4 Å². The molecule has 12 heteroatoms. The first kappa shape index (κ1) is 28.3. The molecule has 5 atom stereocenters. The zero-order valence-electron chi connectivity index (χ0n) is 19.9. The summed E-state index contributed by atoms with van der Waals surface area (Å²) in [4.78, 5) is 38.5. The molecule has 190 valence electrons. The van der Waals surface area contributed by atoms with Gasteiger partial charge in [0.15, 0.2) is 0 Å². The highest BCUT2D eigenvalue weighted by Gasteiger charge is 2.41. The van der Waals surface area contributed by atoms with Crippen LogP contribution in [0.15, 0.2) is 12.2 Å². The second-order valence-electron chi connectivity index (χ2n) is 8.22. The normalized spacial score (nSPS) is 27.4. The molecule has 2 fully saturated rings. The van der Waals surface area contributed by atoms with E-state index in [1.165, 1.54) is 6.08 Å². The number of allylic oxidation sites excluding steroid dienone is 1. The van der Waals surface area contributed by atoms with Crippen LogP contribution in [0.1, 0.15) is 32.6 Å². The van der Waals surface area contributed by atoms with Crippen LogP contribution in [0, 0.1) is 0 Å². The lowest BCUT2D eigenvalue weighted by Crippen LogP contribution is -2.38. The number of rotatable bonds is 13. The summed E-state index contributed by atoms with van der Waals surface area (Å²) in [6.07, 6.45) is 6.35. The number of methoxy groups -OCH3 is 2. The van der Waals surface area contributed by atoms with E-state index >= 15 is 0 Å². The van der Waals surface area contributed by atoms with Gasteiger partial charge >= 0.3 is 7.82 Å². The van der Waals surface area contributed by atoms with Crippen molar-refractivity contribution in [2.75, 3.05) is 52.5 Å². The summed E-state index contributed by atoms with van der Waals surface area (Å²) >= 11 is 1.68. The maximum Gasteiger partial charge on any atom is 0.472 e. The zero-order valence-corrected chi connectivity index (χ0v) is 21.6. The largest absolute Gasteiger partial charge is 0.472 e. The number of hydrogen-bond acceptors (Lipinski definition) is 8. The van der Waals surface area contributed by atoms with Crippen LogP contribution in [-0.2, 0) is 32.7 Å². The van der Waals surface area contributed by atoms with E-state index in [1.807, 2.05) is 6.26 Å². The molecule has 0 aliphatic carbocycles. The van der Waals surface area contributed by atoms with Gasteiger partial charge in [-0.3, -0.25) is 18.6 Å². The van der Waals surface area contributed by atoms with Gasteiger partial charge in [-0.1, -0.05) is 6.08 Å². The lowest BCUT2D eigenvalue weighted by atomic mass is 10.2. The van der Waals surface area contributed by atoms with Crippen LogP contribution in [-0.4, -0.2) is 103 Å². The van der Waals surface area contributed by atoms with Crippen molar-refractivity contribution in [1.29, 1.82) is 0 Å². The fraction of sp³-hybridized carbons (Fsp3) is 0.810. The number of likely N-dealkylation sites (tertiary alicyclic amines) is 2. The minimum atomic E-state index is -4.40. The number of nitrogens with zero attached hydrogens (tertiary/aromatic N) is 2. The molecule has 0 radical (unpaired) electrons. The second kappa shape index (κ2) is 13.8. The van der Waals surface area contributed by atoms with Gasteiger partial charge < -0.3 is 24.2 Å². The van der Waals surface area contributed by atoms with E-state index in [1.54, 1.807) is 48.8 Å². The van der Waals surface area contributed by atoms with E-state index in [0.717, 1.165) is 12.2 Å². The van der Waals surface area contributed by atoms with Crippen LogP contribution >= 0.6 is 19.6 Å². The second-order valence-corrected chi connectivity index (χ2v) is 10.6. The fourth-order valence-corrected chi connectivity index (χ4v) is 5.61. The Bertz CT molecular complexity index is 724. The van der Waals surface area contributed by atoms with Crippen molar-refractivity contribution in [3.05, 3.63) is 12.2 Å². The molecule has 2 heterocycles. The Kier molecular flexibility index (Phi) is 11.9. The molecule has 2 amide bonds. The van der Waals surface area contributed by atoms with Crippen LogP contribution in [0.3, 0.4) is 0 Å². The van der Waals surface area contributed by atoms with Crippen molar-refractivity contribution in [2.24, 2.45) is 0 Å². The number of carbonyl (C=O) groups excluding carboxylic acids is 2. The third-order valence-electron chi connectivity index (χ3n) is 5.81. The molecule has 2 rings (SSSR count). The average Bonchev–Trinajstić information content (AvgIpc) is 3.36. The van der Waals surface area contributed by atoms with E-state index in [2.05, 4.69) is 0 Å².